The van der Waals surface area contributed by atoms with Gasteiger partial charge in [0.2, 0.25) is 0 Å². The summed E-state index contributed by atoms with van der Waals surface area (Å²) >= 11 is 12.5. The first-order valence-corrected chi connectivity index (χ1v) is 12.9. The second kappa shape index (κ2) is 12.6. The number of amidine groups is 1. The molecule has 35 heavy (non-hydrogen) atoms. The van der Waals surface area contributed by atoms with Crippen LogP contribution in [0, 0.1) is 0 Å². The van der Waals surface area contributed by atoms with Crippen LogP contribution >= 0.6 is 23.2 Å². The molecule has 0 saturated carbocycles. The zero-order chi connectivity index (χ0) is 24.6. The first-order chi connectivity index (χ1) is 17.1. The fourth-order valence-electron chi connectivity index (χ4n) is 4.24. The Kier molecular flexibility index (Phi) is 9.26. The van der Waals surface area contributed by atoms with E-state index in [4.69, 9.17) is 42.1 Å². The van der Waals surface area contributed by atoms with Gasteiger partial charge in [-0.3, -0.25) is 4.99 Å². The molecule has 0 radical (unpaired) electrons. The third-order valence-electron chi connectivity index (χ3n) is 6.04. The molecule has 1 fully saturated rings. The van der Waals surface area contributed by atoms with Gasteiger partial charge in [-0.05, 0) is 62.2 Å². The number of hydrogen-bond donors (Lipinski definition) is 1. The molecule has 1 N–H and O–H groups in total. The number of ether oxygens (including phenoxy) is 2. The highest BCUT2D eigenvalue weighted by Crippen LogP contribution is 2.35. The van der Waals surface area contributed by atoms with Crippen molar-refractivity contribution in [2.24, 2.45) is 4.99 Å². The second-order valence-electron chi connectivity index (χ2n) is 8.64. The zero-order valence-electron chi connectivity index (χ0n) is 19.9. The van der Waals surface area contributed by atoms with Crippen LogP contribution in [0.5, 0.6) is 0 Å². The number of nitrogens with zero attached hydrogens (tertiary/aromatic N) is 2. The first-order valence-electron chi connectivity index (χ1n) is 12.1. The monoisotopic (exact) mass is 519 g/mol. The topological polar surface area (TPSA) is 76.3 Å². The number of benzene rings is 1. The van der Waals surface area contributed by atoms with E-state index in [1.165, 1.54) is 19.3 Å². The summed E-state index contributed by atoms with van der Waals surface area (Å²) in [6, 6.07) is 8.19. The number of aliphatic imine (C=N–C) groups is 1. The summed E-state index contributed by atoms with van der Waals surface area (Å²) in [4.78, 5) is 20.5. The molecular formula is C26H31Cl2N3O4. The number of piperidine rings is 1. The highest BCUT2D eigenvalue weighted by Gasteiger charge is 2.33. The van der Waals surface area contributed by atoms with Crippen LogP contribution in [0.25, 0.3) is 0 Å². The number of rotatable bonds is 10. The Balaban J connectivity index is 1.62. The van der Waals surface area contributed by atoms with Crippen LogP contribution in [-0.2, 0) is 14.3 Å². The number of nitrogens with one attached hydrogen (secondary N) is 1. The third-order valence-corrected chi connectivity index (χ3v) is 6.78. The number of carbonyl (C=O) groups excluding carboxylic acids is 1. The Morgan fingerprint density at radius 1 is 1.17 bits per heavy atom. The number of halogens is 2. The standard InChI is InChI=1S/C26H31Cl2N3O4/c1-2-13-35-26(32)23-21(17-33-15-12-31-10-4-3-5-11-31)29-25(22-7-6-14-34-22)30-24(23)18-8-9-19(27)20(28)16-18/h6-9,14,16,24H,2-5,10-13,15,17H2,1H3,(H,29,30). The van der Waals surface area contributed by atoms with Gasteiger partial charge in [0.05, 0.1) is 47.4 Å². The van der Waals surface area contributed by atoms with Gasteiger partial charge in [-0.15, -0.1) is 0 Å². The van der Waals surface area contributed by atoms with E-state index in [-0.39, 0.29) is 6.61 Å². The van der Waals surface area contributed by atoms with E-state index < -0.39 is 12.0 Å². The van der Waals surface area contributed by atoms with Gasteiger partial charge < -0.3 is 24.1 Å². The van der Waals surface area contributed by atoms with Gasteiger partial charge in [-0.2, -0.15) is 0 Å². The van der Waals surface area contributed by atoms with E-state index in [0.29, 0.717) is 52.5 Å². The first kappa shape index (κ1) is 25.8. The average molecular weight is 520 g/mol. The van der Waals surface area contributed by atoms with Crippen molar-refractivity contribution >= 4 is 35.0 Å². The SMILES string of the molecule is CCCOC(=O)C1=C(COCCN2CCCCC2)NC(c2ccco2)=NC1c1ccc(Cl)c(Cl)c1. The van der Waals surface area contributed by atoms with Crippen molar-refractivity contribution in [3.63, 3.8) is 0 Å². The summed E-state index contributed by atoms with van der Waals surface area (Å²) < 4.78 is 17.2. The molecule has 0 amide bonds. The summed E-state index contributed by atoms with van der Waals surface area (Å²) in [5.74, 6) is 0.627. The van der Waals surface area contributed by atoms with Crippen LogP contribution in [0.1, 0.15) is 50.0 Å². The molecule has 1 unspecified atom stereocenters. The summed E-state index contributed by atoms with van der Waals surface area (Å²) in [7, 11) is 0. The van der Waals surface area contributed by atoms with Gasteiger partial charge in [0.1, 0.15) is 6.04 Å². The highest BCUT2D eigenvalue weighted by atomic mass is 35.5. The molecule has 4 rings (SSSR count). The second-order valence-corrected chi connectivity index (χ2v) is 9.45. The normalized spacial score (nSPS) is 18.8. The molecule has 9 heteroatoms. The summed E-state index contributed by atoms with van der Waals surface area (Å²) in [5, 5.41) is 4.08. The Morgan fingerprint density at radius 2 is 2.00 bits per heavy atom. The maximum Gasteiger partial charge on any atom is 0.338 e. The molecular weight excluding hydrogens is 489 g/mol. The van der Waals surface area contributed by atoms with E-state index >= 15 is 0 Å². The largest absolute Gasteiger partial charge is 0.462 e. The zero-order valence-corrected chi connectivity index (χ0v) is 21.4. The van der Waals surface area contributed by atoms with Crippen molar-refractivity contribution in [1.29, 1.82) is 0 Å². The molecule has 2 aliphatic rings. The summed E-state index contributed by atoms with van der Waals surface area (Å²) in [6.45, 7) is 6.11. The third kappa shape index (κ3) is 6.67. The quantitative estimate of drug-likeness (QED) is 0.335. The van der Waals surface area contributed by atoms with E-state index in [1.807, 2.05) is 19.1 Å². The van der Waals surface area contributed by atoms with Crippen LogP contribution in [0.2, 0.25) is 10.0 Å². The molecule has 2 aromatic rings. The Bertz CT molecular complexity index is 1060. The minimum Gasteiger partial charge on any atom is -0.462 e. The van der Waals surface area contributed by atoms with Gasteiger partial charge in [0.15, 0.2) is 11.6 Å². The molecule has 3 heterocycles. The Labute approximate surface area is 216 Å². The van der Waals surface area contributed by atoms with Crippen LogP contribution in [0.4, 0.5) is 0 Å². The molecule has 1 saturated heterocycles. The summed E-state index contributed by atoms with van der Waals surface area (Å²) in [6.07, 6.45) is 6.05. The maximum atomic E-state index is 13.2. The summed E-state index contributed by atoms with van der Waals surface area (Å²) in [5.41, 5.74) is 1.71. The van der Waals surface area contributed by atoms with E-state index in [2.05, 4.69) is 10.2 Å². The van der Waals surface area contributed by atoms with Gasteiger partial charge in [-0.25, -0.2) is 4.79 Å². The van der Waals surface area contributed by atoms with Crippen molar-refractivity contribution < 1.29 is 18.7 Å². The number of likely N-dealkylation sites (tertiary alicyclic amines) is 1. The molecule has 2 aliphatic heterocycles. The number of hydrogen-bond acceptors (Lipinski definition) is 7. The van der Waals surface area contributed by atoms with Gasteiger partial charge in [0.25, 0.3) is 0 Å². The maximum absolute atomic E-state index is 13.2. The average Bonchev–Trinajstić information content (AvgIpc) is 3.42. The van der Waals surface area contributed by atoms with E-state index in [0.717, 1.165) is 25.2 Å². The molecule has 1 atom stereocenters. The van der Waals surface area contributed by atoms with Crippen molar-refractivity contribution in [1.82, 2.24) is 10.2 Å². The van der Waals surface area contributed by atoms with Crippen molar-refractivity contribution in [3.8, 4) is 0 Å². The van der Waals surface area contributed by atoms with E-state index in [1.54, 1.807) is 24.5 Å². The molecule has 0 spiro atoms. The lowest BCUT2D eigenvalue weighted by Gasteiger charge is -2.28. The van der Waals surface area contributed by atoms with Crippen molar-refractivity contribution in [2.45, 2.75) is 38.6 Å². The van der Waals surface area contributed by atoms with Gasteiger partial charge in [-0.1, -0.05) is 42.6 Å². The number of carbonyl (C=O) groups is 1. The smallest absolute Gasteiger partial charge is 0.338 e. The van der Waals surface area contributed by atoms with Crippen LogP contribution in [-0.4, -0.2) is 56.2 Å². The predicted octanol–water partition coefficient (Wildman–Crippen LogP) is 5.39. The lowest BCUT2D eigenvalue weighted by Crippen LogP contribution is -2.36. The molecule has 188 valence electrons. The van der Waals surface area contributed by atoms with Crippen LogP contribution in [0.15, 0.2) is 57.3 Å². The van der Waals surface area contributed by atoms with Crippen molar-refractivity contribution in [2.75, 3.05) is 39.5 Å². The lowest BCUT2D eigenvalue weighted by molar-refractivity contribution is -0.139. The number of furan rings is 1. The molecule has 0 aliphatic carbocycles. The van der Waals surface area contributed by atoms with Crippen molar-refractivity contribution in [3.05, 3.63) is 69.2 Å². The fourth-order valence-corrected chi connectivity index (χ4v) is 4.54. The molecule has 1 aromatic carbocycles. The minimum atomic E-state index is -0.656. The predicted molar refractivity (Wildman–Crippen MR) is 137 cm³/mol. The van der Waals surface area contributed by atoms with Gasteiger partial charge in [0, 0.05) is 6.54 Å². The Morgan fingerprint density at radius 3 is 2.71 bits per heavy atom. The molecule has 1 aromatic heterocycles. The minimum absolute atomic E-state index is 0.210. The fraction of sp³-hybridized carbons (Fsp3) is 0.462. The van der Waals surface area contributed by atoms with Crippen LogP contribution < -0.4 is 5.32 Å². The lowest BCUT2D eigenvalue weighted by atomic mass is 9.95. The highest BCUT2D eigenvalue weighted by molar-refractivity contribution is 6.42. The molecule has 7 nitrogen and oxygen atoms in total. The Hall–Kier alpha value is -2.32. The van der Waals surface area contributed by atoms with Gasteiger partial charge >= 0.3 is 5.97 Å². The van der Waals surface area contributed by atoms with E-state index in [9.17, 15) is 4.79 Å². The number of esters is 1. The van der Waals surface area contributed by atoms with Crippen LogP contribution in [0.3, 0.4) is 0 Å². The molecule has 0 bridgehead atoms.